The number of aromatic nitrogens is 3. The maximum Gasteiger partial charge on any atom is 0.287 e. The van der Waals surface area contributed by atoms with Crippen LogP contribution >= 0.6 is 23.1 Å². The zero-order valence-electron chi connectivity index (χ0n) is 21.3. The third kappa shape index (κ3) is 5.49. The molecule has 1 aliphatic rings. The molecule has 3 heterocycles. The lowest BCUT2D eigenvalue weighted by atomic mass is 9.96. The van der Waals surface area contributed by atoms with Gasteiger partial charge in [0.25, 0.3) is 11.8 Å². The van der Waals surface area contributed by atoms with Crippen LogP contribution in [-0.4, -0.2) is 57.5 Å². The molecule has 0 aliphatic carbocycles. The van der Waals surface area contributed by atoms with Gasteiger partial charge in [-0.25, -0.2) is 17.8 Å². The van der Waals surface area contributed by atoms with Crippen molar-refractivity contribution in [1.82, 2.24) is 19.2 Å². The van der Waals surface area contributed by atoms with Crippen LogP contribution in [0.4, 0.5) is 10.2 Å². The first kappa shape index (κ1) is 27.9. The molecule has 2 aromatic carbocycles. The summed E-state index contributed by atoms with van der Waals surface area (Å²) in [5.41, 5.74) is 0.731. The van der Waals surface area contributed by atoms with Crippen LogP contribution in [0.1, 0.15) is 52.1 Å². The van der Waals surface area contributed by atoms with Gasteiger partial charge in [0.05, 0.1) is 34.5 Å². The van der Waals surface area contributed by atoms with Gasteiger partial charge >= 0.3 is 0 Å². The molecule has 0 unspecified atom stereocenters. The number of carbonyl (C=O) groups is 3. The Morgan fingerprint density at radius 3 is 2.60 bits per heavy atom. The van der Waals surface area contributed by atoms with E-state index in [0.717, 1.165) is 16.2 Å². The maximum atomic E-state index is 14.2. The van der Waals surface area contributed by atoms with E-state index < -0.39 is 39.4 Å². The van der Waals surface area contributed by atoms with Gasteiger partial charge in [-0.2, -0.15) is 4.37 Å². The summed E-state index contributed by atoms with van der Waals surface area (Å²) in [5, 5.41) is 6.21. The van der Waals surface area contributed by atoms with Crippen LogP contribution in [0.2, 0.25) is 5.02 Å². The van der Waals surface area contributed by atoms with Gasteiger partial charge in [0.15, 0.2) is 15.7 Å². The van der Waals surface area contributed by atoms with E-state index in [1.807, 2.05) is 12.1 Å². The number of sulfone groups is 1. The van der Waals surface area contributed by atoms with E-state index in [2.05, 4.69) is 20.0 Å². The Labute approximate surface area is 237 Å². The number of carbonyl (C=O) groups excluding carboxylic acids is 3. The van der Waals surface area contributed by atoms with Crippen LogP contribution in [0.3, 0.4) is 0 Å². The topological polar surface area (TPSA) is 140 Å². The van der Waals surface area contributed by atoms with Crippen molar-refractivity contribution in [3.63, 3.8) is 0 Å². The Morgan fingerprint density at radius 1 is 1.18 bits per heavy atom. The van der Waals surface area contributed by atoms with Crippen LogP contribution in [0.5, 0.6) is 0 Å². The summed E-state index contributed by atoms with van der Waals surface area (Å²) in [6.07, 6.45) is 0. The Bertz CT molecular complexity index is 1770. The fourth-order valence-corrected chi connectivity index (χ4v) is 7.01. The summed E-state index contributed by atoms with van der Waals surface area (Å²) in [6.45, 7) is 2.71. The van der Waals surface area contributed by atoms with Crippen LogP contribution in [0, 0.1) is 5.82 Å². The largest absolute Gasteiger partial charge is 0.345 e. The van der Waals surface area contributed by atoms with Gasteiger partial charge in [0.2, 0.25) is 5.82 Å². The van der Waals surface area contributed by atoms with Gasteiger partial charge in [-0.1, -0.05) is 36.7 Å². The van der Waals surface area contributed by atoms with Crippen molar-refractivity contribution in [2.24, 2.45) is 0 Å². The number of hydrogen-bond donors (Lipinski definition) is 2. The highest BCUT2D eigenvalue weighted by Gasteiger charge is 2.36. The average Bonchev–Trinajstić information content (AvgIpc) is 3.45. The van der Waals surface area contributed by atoms with Gasteiger partial charge in [-0.15, -0.1) is 0 Å². The highest BCUT2D eigenvalue weighted by molar-refractivity contribution is 7.92. The molecule has 1 atom stereocenters. The summed E-state index contributed by atoms with van der Waals surface area (Å²) < 4.78 is 43.9. The Morgan fingerprint density at radius 2 is 1.90 bits per heavy atom. The van der Waals surface area contributed by atoms with Crippen LogP contribution in [-0.2, 0) is 21.2 Å². The molecule has 0 bridgehead atoms. The second-order valence-electron chi connectivity index (χ2n) is 9.57. The molecule has 2 aromatic heterocycles. The van der Waals surface area contributed by atoms with Crippen molar-refractivity contribution in [3.05, 3.63) is 76.1 Å². The molecule has 14 heteroatoms. The van der Waals surface area contributed by atoms with E-state index in [9.17, 15) is 27.2 Å². The smallest absolute Gasteiger partial charge is 0.287 e. The zero-order chi connectivity index (χ0) is 28.8. The highest BCUT2D eigenvalue weighted by atomic mass is 35.5. The Kier molecular flexibility index (Phi) is 7.46. The van der Waals surface area contributed by atoms with Crippen molar-refractivity contribution in [3.8, 4) is 0 Å². The zero-order valence-corrected chi connectivity index (χ0v) is 23.7. The standard InChI is InChI=1S/C26H23ClFN5O5S2/c1-13(34)10-33-22(14(2)18-9-15(28)7-8-19(18)27)23(30-24(33)26(36)29-16-11-40(37,38)12-16)31-25(35)21-17-5-3-4-6-20(17)39-32-21/h3-9,14,16H,10-12H2,1-2H3,(H,29,36)(H,31,35)/t14-/m1/s1. The van der Waals surface area contributed by atoms with E-state index in [1.165, 1.54) is 29.7 Å². The summed E-state index contributed by atoms with van der Waals surface area (Å²) in [4.78, 5) is 43.4. The molecule has 1 fully saturated rings. The molecule has 2 amide bonds. The number of nitrogens with zero attached hydrogens (tertiary/aromatic N) is 3. The molecule has 0 radical (unpaired) electrons. The van der Waals surface area contributed by atoms with E-state index in [1.54, 1.807) is 19.1 Å². The summed E-state index contributed by atoms with van der Waals surface area (Å²) in [7, 11) is -3.22. The van der Waals surface area contributed by atoms with Gasteiger partial charge in [-0.3, -0.25) is 14.4 Å². The summed E-state index contributed by atoms with van der Waals surface area (Å²) >= 11 is 7.55. The van der Waals surface area contributed by atoms with Gasteiger partial charge in [0, 0.05) is 16.3 Å². The molecule has 1 saturated heterocycles. The van der Waals surface area contributed by atoms with Gasteiger partial charge < -0.3 is 15.2 Å². The quantitative estimate of drug-likeness (QED) is 0.312. The number of imidazole rings is 1. The van der Waals surface area contributed by atoms with Crippen molar-refractivity contribution in [2.75, 3.05) is 16.8 Å². The first-order chi connectivity index (χ1) is 18.9. The number of hydrogen-bond acceptors (Lipinski definition) is 8. The lowest BCUT2D eigenvalue weighted by Crippen LogP contribution is -2.53. The molecule has 1 aliphatic heterocycles. The Hall–Kier alpha value is -3.68. The molecule has 2 N–H and O–H groups in total. The van der Waals surface area contributed by atoms with Crippen LogP contribution in [0.25, 0.3) is 10.1 Å². The molecule has 0 spiro atoms. The number of halogens is 2. The SMILES string of the molecule is CC(=O)Cn1c(C(=O)NC2CS(=O)(=O)C2)nc(NC(=O)c2nsc3ccccc23)c1[C@H](C)c1cc(F)ccc1Cl. The number of ketones is 1. The predicted octanol–water partition coefficient (Wildman–Crippen LogP) is 3.81. The fourth-order valence-electron chi connectivity index (χ4n) is 4.66. The van der Waals surface area contributed by atoms with Crippen molar-refractivity contribution < 1.29 is 27.2 Å². The lowest BCUT2D eigenvalue weighted by Gasteiger charge is -2.26. The monoisotopic (exact) mass is 603 g/mol. The number of benzene rings is 2. The molecular formula is C26H23ClFN5O5S2. The van der Waals surface area contributed by atoms with E-state index >= 15 is 0 Å². The maximum absolute atomic E-state index is 14.2. The molecule has 208 valence electrons. The normalized spacial score (nSPS) is 15.4. The van der Waals surface area contributed by atoms with Gasteiger partial charge in [0.1, 0.15) is 17.3 Å². The Balaban J connectivity index is 1.61. The fraction of sp³-hybridized carbons (Fsp3) is 0.269. The number of anilines is 1. The molecule has 4 aromatic rings. The first-order valence-electron chi connectivity index (χ1n) is 12.2. The number of amides is 2. The minimum Gasteiger partial charge on any atom is -0.345 e. The average molecular weight is 604 g/mol. The lowest BCUT2D eigenvalue weighted by molar-refractivity contribution is -0.117. The molecule has 0 saturated carbocycles. The summed E-state index contributed by atoms with van der Waals surface area (Å²) in [5.74, 6) is -3.60. The second kappa shape index (κ2) is 10.7. The molecule has 10 nitrogen and oxygen atoms in total. The number of nitrogens with one attached hydrogen (secondary N) is 2. The first-order valence-corrected chi connectivity index (χ1v) is 15.1. The molecular weight excluding hydrogens is 581 g/mol. The summed E-state index contributed by atoms with van der Waals surface area (Å²) in [6, 6.07) is 10.4. The van der Waals surface area contributed by atoms with Gasteiger partial charge in [-0.05, 0) is 48.3 Å². The number of rotatable bonds is 8. The van der Waals surface area contributed by atoms with Crippen molar-refractivity contribution >= 4 is 66.5 Å². The highest BCUT2D eigenvalue weighted by Crippen LogP contribution is 2.36. The minimum absolute atomic E-state index is 0.0393. The second-order valence-corrected chi connectivity index (χ2v) is 12.9. The van der Waals surface area contributed by atoms with E-state index in [0.29, 0.717) is 10.9 Å². The van der Waals surface area contributed by atoms with Crippen LogP contribution in [0.15, 0.2) is 42.5 Å². The van der Waals surface area contributed by atoms with Crippen molar-refractivity contribution in [2.45, 2.75) is 32.4 Å². The van der Waals surface area contributed by atoms with E-state index in [-0.39, 0.29) is 51.9 Å². The van der Waals surface area contributed by atoms with Crippen LogP contribution < -0.4 is 10.6 Å². The number of fused-ring (bicyclic) bond motifs is 1. The third-order valence-corrected chi connectivity index (χ3v) is 9.49. The predicted molar refractivity (Wildman–Crippen MR) is 149 cm³/mol. The molecule has 5 rings (SSSR count). The minimum atomic E-state index is -3.22. The number of Topliss-reactive ketones (excluding diaryl/α,β-unsaturated/α-hetero) is 1. The molecule has 40 heavy (non-hydrogen) atoms. The van der Waals surface area contributed by atoms with Crippen molar-refractivity contribution in [1.29, 1.82) is 0 Å². The van der Waals surface area contributed by atoms with E-state index in [4.69, 9.17) is 11.6 Å². The third-order valence-electron chi connectivity index (χ3n) is 6.50.